The lowest BCUT2D eigenvalue weighted by Crippen LogP contribution is -2.33. The molecule has 11 aromatic rings. The Hall–Kier alpha value is -7.11. The van der Waals surface area contributed by atoms with Gasteiger partial charge in [-0.1, -0.05) is 155 Å². The third-order valence-corrected chi connectivity index (χ3v) is 13.4. The smallest absolute Gasteiger partial charge is 0.238 e. The second-order valence-electron chi connectivity index (χ2n) is 17.9. The number of rotatable bonds is 4. The fourth-order valence-corrected chi connectivity index (χ4v) is 10.1. The molecule has 0 atom stereocenters. The first-order valence-corrected chi connectivity index (χ1v) is 21.1. The van der Waals surface area contributed by atoms with Gasteiger partial charge in [0.15, 0.2) is 11.6 Å². The molecule has 0 amide bonds. The number of benzene rings is 8. The van der Waals surface area contributed by atoms with Crippen LogP contribution in [0.15, 0.2) is 164 Å². The maximum absolute atomic E-state index is 5.45. The van der Waals surface area contributed by atoms with Crippen molar-refractivity contribution in [2.45, 2.75) is 51.4 Å². The van der Waals surface area contributed by atoms with Gasteiger partial charge in [-0.25, -0.2) is 4.98 Å². The van der Waals surface area contributed by atoms with Gasteiger partial charge >= 0.3 is 0 Å². The van der Waals surface area contributed by atoms with Gasteiger partial charge in [0, 0.05) is 38.4 Å². The average molecular weight is 774 g/mol. The number of aromatic nitrogens is 5. The Bertz CT molecular complexity index is 3540. The third kappa shape index (κ3) is 5.15. The van der Waals surface area contributed by atoms with Crippen LogP contribution in [0.2, 0.25) is 0 Å². The zero-order valence-corrected chi connectivity index (χ0v) is 34.2. The maximum atomic E-state index is 5.45. The van der Waals surface area contributed by atoms with Crippen LogP contribution in [-0.2, 0) is 10.8 Å². The minimum Gasteiger partial charge on any atom is -0.307 e. The van der Waals surface area contributed by atoms with E-state index in [1.54, 1.807) is 0 Å². The van der Waals surface area contributed by atoms with Crippen LogP contribution in [0.3, 0.4) is 0 Å². The highest BCUT2D eigenvalue weighted by Gasteiger charge is 2.38. The molecule has 0 aliphatic heterocycles. The van der Waals surface area contributed by atoms with E-state index >= 15 is 0 Å². The Morgan fingerprint density at radius 3 is 1.72 bits per heavy atom. The van der Waals surface area contributed by atoms with Crippen LogP contribution in [0.1, 0.15) is 51.7 Å². The molecule has 0 N–H and O–H groups in total. The van der Waals surface area contributed by atoms with Crippen molar-refractivity contribution in [3.05, 3.63) is 175 Å². The molecule has 0 saturated heterocycles. The summed E-state index contributed by atoms with van der Waals surface area (Å²) in [7, 11) is 0. The van der Waals surface area contributed by atoms with Crippen molar-refractivity contribution in [1.82, 2.24) is 24.1 Å². The van der Waals surface area contributed by atoms with Crippen LogP contribution >= 0.6 is 0 Å². The topological polar surface area (TPSA) is 48.5 Å². The highest BCUT2D eigenvalue weighted by molar-refractivity contribution is 6.24. The lowest BCUT2D eigenvalue weighted by atomic mass is 9.63. The molecule has 0 fully saturated rings. The van der Waals surface area contributed by atoms with Gasteiger partial charge in [0.2, 0.25) is 5.95 Å². The molecule has 3 aromatic heterocycles. The quantitative estimate of drug-likeness (QED) is 0.167. The molecular formula is C55H43N5. The van der Waals surface area contributed by atoms with Crippen molar-refractivity contribution in [3.8, 4) is 34.4 Å². The SMILES string of the molecule is CC1(C)CCC(C)(C)c2cc3c(cc21)c1ccc2c4ccccc4n(-c4nc(-c5ccccc5)nc(-c5ccc6ccc7ccccc7c6c5)n4)c2c1n3-c1ccccc1. The van der Waals surface area contributed by atoms with Gasteiger partial charge in [-0.15, -0.1) is 0 Å². The molecule has 0 radical (unpaired) electrons. The number of para-hydroxylation sites is 2. The van der Waals surface area contributed by atoms with Crippen LogP contribution in [0.5, 0.6) is 0 Å². The molecule has 288 valence electrons. The molecule has 5 nitrogen and oxygen atoms in total. The highest BCUT2D eigenvalue weighted by atomic mass is 15.2. The van der Waals surface area contributed by atoms with Crippen LogP contribution in [0, 0.1) is 0 Å². The summed E-state index contributed by atoms with van der Waals surface area (Å²) in [4.78, 5) is 16.1. The molecule has 0 spiro atoms. The Morgan fingerprint density at radius 2 is 0.967 bits per heavy atom. The predicted octanol–water partition coefficient (Wildman–Crippen LogP) is 14.1. The van der Waals surface area contributed by atoms with Gasteiger partial charge in [0.1, 0.15) is 0 Å². The van der Waals surface area contributed by atoms with Crippen molar-refractivity contribution in [2.75, 3.05) is 0 Å². The van der Waals surface area contributed by atoms with E-state index in [1.807, 2.05) is 18.2 Å². The van der Waals surface area contributed by atoms with Crippen LogP contribution in [0.25, 0.3) is 99.6 Å². The van der Waals surface area contributed by atoms with E-state index in [0.717, 1.165) is 57.0 Å². The van der Waals surface area contributed by atoms with Gasteiger partial charge in [0.05, 0.1) is 22.1 Å². The van der Waals surface area contributed by atoms with Gasteiger partial charge in [-0.05, 0) is 92.7 Å². The van der Waals surface area contributed by atoms with Gasteiger partial charge < -0.3 is 4.57 Å². The molecule has 1 aliphatic carbocycles. The molecule has 8 aromatic carbocycles. The third-order valence-electron chi connectivity index (χ3n) is 13.4. The van der Waals surface area contributed by atoms with Gasteiger partial charge in [-0.2, -0.15) is 9.97 Å². The van der Waals surface area contributed by atoms with Crippen molar-refractivity contribution >= 4 is 65.2 Å². The molecule has 12 rings (SSSR count). The number of fused-ring (bicyclic) bond motifs is 11. The Labute approximate surface area is 348 Å². The first-order chi connectivity index (χ1) is 29.2. The summed E-state index contributed by atoms with van der Waals surface area (Å²) < 4.78 is 4.79. The summed E-state index contributed by atoms with van der Waals surface area (Å²) in [6, 6.07) is 59.1. The average Bonchev–Trinajstić information content (AvgIpc) is 3.80. The molecule has 0 bridgehead atoms. The minimum atomic E-state index is 0.0609. The monoisotopic (exact) mass is 773 g/mol. The summed E-state index contributed by atoms with van der Waals surface area (Å²) in [6.07, 6.45) is 2.31. The van der Waals surface area contributed by atoms with E-state index < -0.39 is 0 Å². The largest absolute Gasteiger partial charge is 0.307 e. The van der Waals surface area contributed by atoms with Crippen molar-refractivity contribution in [2.24, 2.45) is 0 Å². The number of hydrogen-bond acceptors (Lipinski definition) is 3. The van der Waals surface area contributed by atoms with E-state index in [9.17, 15) is 0 Å². The molecule has 3 heterocycles. The second-order valence-corrected chi connectivity index (χ2v) is 17.9. The Balaban J connectivity index is 1.22. The summed E-state index contributed by atoms with van der Waals surface area (Å²) in [5, 5.41) is 9.56. The summed E-state index contributed by atoms with van der Waals surface area (Å²) >= 11 is 0. The van der Waals surface area contributed by atoms with Gasteiger partial charge in [-0.3, -0.25) is 4.57 Å². The normalized spacial score (nSPS) is 14.8. The van der Waals surface area contributed by atoms with Crippen molar-refractivity contribution in [1.29, 1.82) is 0 Å². The second kappa shape index (κ2) is 12.7. The Kier molecular flexibility index (Phi) is 7.38. The number of nitrogens with zero attached hydrogens (tertiary/aromatic N) is 5. The molecular weight excluding hydrogens is 731 g/mol. The van der Waals surface area contributed by atoms with E-state index in [4.69, 9.17) is 15.0 Å². The predicted molar refractivity (Wildman–Crippen MR) is 250 cm³/mol. The first kappa shape index (κ1) is 34.9. The maximum Gasteiger partial charge on any atom is 0.238 e. The molecule has 0 unspecified atom stereocenters. The zero-order valence-electron chi connectivity index (χ0n) is 34.2. The van der Waals surface area contributed by atoms with Crippen LogP contribution < -0.4 is 0 Å². The Morgan fingerprint density at radius 1 is 0.400 bits per heavy atom. The molecule has 0 saturated carbocycles. The fourth-order valence-electron chi connectivity index (χ4n) is 10.1. The minimum absolute atomic E-state index is 0.0609. The zero-order chi connectivity index (χ0) is 40.3. The van der Waals surface area contributed by atoms with Gasteiger partial charge in [0.25, 0.3) is 0 Å². The summed E-state index contributed by atoms with van der Waals surface area (Å²) in [5.41, 5.74) is 10.5. The van der Waals surface area contributed by atoms with E-state index in [2.05, 4.69) is 182 Å². The van der Waals surface area contributed by atoms with E-state index in [-0.39, 0.29) is 10.8 Å². The van der Waals surface area contributed by atoms with E-state index in [0.29, 0.717) is 17.6 Å². The standard InChI is InChI=1S/C55H43N5/c1-54(2)29-30-55(3,4)46-33-48-44(32-45(46)54)42-28-27-41-40-21-13-14-22-47(40)60(50(41)49(42)59(48)38-18-9-6-10-19-38)53-57-51(36-16-7-5-8-17-36)56-52(58-53)37-26-25-35-24-23-34-15-11-12-20-39(34)43(35)31-37/h5-28,31-33H,29-30H2,1-4H3. The summed E-state index contributed by atoms with van der Waals surface area (Å²) in [5.74, 6) is 1.85. The fraction of sp³-hybridized carbons (Fsp3) is 0.145. The van der Waals surface area contributed by atoms with Crippen LogP contribution in [0.4, 0.5) is 0 Å². The van der Waals surface area contributed by atoms with Crippen molar-refractivity contribution in [3.63, 3.8) is 0 Å². The van der Waals surface area contributed by atoms with E-state index in [1.165, 1.54) is 49.0 Å². The summed E-state index contributed by atoms with van der Waals surface area (Å²) in [6.45, 7) is 9.67. The highest BCUT2D eigenvalue weighted by Crippen LogP contribution is 2.50. The molecule has 5 heteroatoms. The van der Waals surface area contributed by atoms with Crippen molar-refractivity contribution < 1.29 is 0 Å². The van der Waals surface area contributed by atoms with Crippen LogP contribution in [-0.4, -0.2) is 24.1 Å². The molecule has 60 heavy (non-hydrogen) atoms. The molecule has 1 aliphatic rings. The lowest BCUT2D eigenvalue weighted by molar-refractivity contribution is 0.332. The lowest BCUT2D eigenvalue weighted by Gasteiger charge is -2.42. The first-order valence-electron chi connectivity index (χ1n) is 21.1. The number of hydrogen-bond donors (Lipinski definition) is 0.